The van der Waals surface area contributed by atoms with Crippen LogP contribution in [-0.2, 0) is 4.74 Å². The van der Waals surface area contributed by atoms with Gasteiger partial charge < -0.3 is 10.1 Å². The first-order valence-electron chi connectivity index (χ1n) is 7.84. The average Bonchev–Trinajstić information content (AvgIpc) is 3.16. The molecule has 0 saturated carbocycles. The molecule has 8 heteroatoms. The Labute approximate surface area is 149 Å². The van der Waals surface area contributed by atoms with Crippen LogP contribution in [0.3, 0.4) is 0 Å². The van der Waals surface area contributed by atoms with Crippen molar-refractivity contribution in [2.75, 3.05) is 12.4 Å². The predicted molar refractivity (Wildman–Crippen MR) is 94.4 cm³/mol. The summed E-state index contributed by atoms with van der Waals surface area (Å²) in [5, 5.41) is 13.9. The quantitative estimate of drug-likeness (QED) is 0.724. The first-order valence-corrected chi connectivity index (χ1v) is 7.84. The average molecular weight is 351 g/mol. The van der Waals surface area contributed by atoms with Gasteiger partial charge in [0.2, 0.25) is 0 Å². The van der Waals surface area contributed by atoms with Crippen LogP contribution in [0.4, 0.5) is 5.69 Å². The number of hydrogen-bond acceptors (Lipinski definition) is 6. The molecule has 0 aliphatic heterocycles. The highest BCUT2D eigenvalue weighted by molar-refractivity contribution is 6.05. The van der Waals surface area contributed by atoms with Gasteiger partial charge in [-0.3, -0.25) is 4.79 Å². The summed E-state index contributed by atoms with van der Waals surface area (Å²) in [6.07, 6.45) is 1.49. The summed E-state index contributed by atoms with van der Waals surface area (Å²) >= 11 is 0. The van der Waals surface area contributed by atoms with Crippen LogP contribution < -0.4 is 5.32 Å². The van der Waals surface area contributed by atoms with Gasteiger partial charge in [-0.15, -0.1) is 5.10 Å². The van der Waals surface area contributed by atoms with E-state index in [9.17, 15) is 9.59 Å². The largest absolute Gasteiger partial charge is 0.465 e. The molecule has 3 rings (SSSR count). The molecule has 0 saturated heterocycles. The van der Waals surface area contributed by atoms with Gasteiger partial charge in [0.25, 0.3) is 5.91 Å². The lowest BCUT2D eigenvalue weighted by Gasteiger charge is -2.11. The maximum absolute atomic E-state index is 12.5. The molecule has 3 aromatic rings. The minimum absolute atomic E-state index is 0.245. The van der Waals surface area contributed by atoms with Gasteiger partial charge in [-0.25, -0.2) is 9.48 Å². The van der Waals surface area contributed by atoms with E-state index in [0.29, 0.717) is 16.8 Å². The van der Waals surface area contributed by atoms with Crippen LogP contribution in [-0.4, -0.2) is 39.2 Å². The van der Waals surface area contributed by atoms with Crippen molar-refractivity contribution in [1.29, 1.82) is 0 Å². The number of benzene rings is 2. The van der Waals surface area contributed by atoms with E-state index < -0.39 is 5.97 Å². The van der Waals surface area contributed by atoms with E-state index in [0.717, 1.165) is 16.8 Å². The number of amides is 1. The number of carbonyl (C=O) groups excluding carboxylic acids is 2. The molecule has 0 bridgehead atoms. The molecule has 1 amide bonds. The molecule has 2 aromatic carbocycles. The van der Waals surface area contributed by atoms with Gasteiger partial charge in [0.05, 0.1) is 18.4 Å². The van der Waals surface area contributed by atoms with Crippen LogP contribution in [0.15, 0.2) is 42.7 Å². The van der Waals surface area contributed by atoms with Crippen LogP contribution in [0.5, 0.6) is 0 Å². The molecule has 26 heavy (non-hydrogen) atoms. The van der Waals surface area contributed by atoms with E-state index in [1.807, 2.05) is 13.8 Å². The molecule has 0 aliphatic carbocycles. The number of anilines is 1. The molecule has 0 atom stereocenters. The Kier molecular flexibility index (Phi) is 4.74. The maximum atomic E-state index is 12.5. The number of aryl methyl sites for hydroxylation is 2. The second kappa shape index (κ2) is 7.14. The van der Waals surface area contributed by atoms with Crippen LogP contribution in [0, 0.1) is 13.8 Å². The zero-order valence-electron chi connectivity index (χ0n) is 14.6. The molecular formula is C18H17N5O3. The minimum atomic E-state index is -0.417. The Bertz CT molecular complexity index is 967. The Morgan fingerprint density at radius 3 is 2.38 bits per heavy atom. The third kappa shape index (κ3) is 3.44. The molecule has 0 aliphatic rings. The summed E-state index contributed by atoms with van der Waals surface area (Å²) in [4.78, 5) is 24.1. The first kappa shape index (κ1) is 17.3. The number of nitrogens with one attached hydrogen (secondary N) is 1. The van der Waals surface area contributed by atoms with Crippen molar-refractivity contribution in [3.05, 3.63) is 65.0 Å². The second-order valence-electron chi connectivity index (χ2n) is 5.73. The van der Waals surface area contributed by atoms with Crippen molar-refractivity contribution in [3.63, 3.8) is 0 Å². The van der Waals surface area contributed by atoms with E-state index in [1.165, 1.54) is 18.1 Å². The number of carbonyl (C=O) groups is 2. The van der Waals surface area contributed by atoms with E-state index in [1.54, 1.807) is 36.4 Å². The molecule has 0 fully saturated rings. The lowest BCUT2D eigenvalue weighted by molar-refractivity contribution is 0.0600. The van der Waals surface area contributed by atoms with Crippen molar-refractivity contribution in [3.8, 4) is 5.69 Å². The normalized spacial score (nSPS) is 10.4. The Balaban J connectivity index is 1.80. The first-order chi connectivity index (χ1) is 12.5. The second-order valence-corrected chi connectivity index (χ2v) is 5.73. The molecule has 0 unspecified atom stereocenters. The number of esters is 1. The third-order valence-electron chi connectivity index (χ3n) is 3.95. The molecule has 1 aromatic heterocycles. The lowest BCUT2D eigenvalue weighted by atomic mass is 10.1. The van der Waals surface area contributed by atoms with Gasteiger partial charge in [0.15, 0.2) is 0 Å². The summed E-state index contributed by atoms with van der Waals surface area (Å²) in [5.74, 6) is -0.662. The smallest absolute Gasteiger partial charge is 0.337 e. The SMILES string of the molecule is COC(=O)c1ccc(NC(=O)c2ccc(-n3cnnn3)c(C)c2)c(C)c1. The van der Waals surface area contributed by atoms with Gasteiger partial charge >= 0.3 is 5.97 Å². The zero-order valence-corrected chi connectivity index (χ0v) is 14.6. The van der Waals surface area contributed by atoms with E-state index >= 15 is 0 Å². The molecular weight excluding hydrogens is 334 g/mol. The number of rotatable bonds is 4. The third-order valence-corrected chi connectivity index (χ3v) is 3.95. The Morgan fingerprint density at radius 1 is 1.04 bits per heavy atom. The highest BCUT2D eigenvalue weighted by Gasteiger charge is 2.12. The Morgan fingerprint density at radius 2 is 1.77 bits per heavy atom. The molecule has 0 radical (unpaired) electrons. The van der Waals surface area contributed by atoms with E-state index in [4.69, 9.17) is 4.74 Å². The monoisotopic (exact) mass is 351 g/mol. The molecule has 132 valence electrons. The summed E-state index contributed by atoms with van der Waals surface area (Å²) in [6.45, 7) is 3.69. The molecule has 1 N–H and O–H groups in total. The predicted octanol–water partition coefficient (Wildman–Crippen LogP) is 2.32. The summed E-state index contributed by atoms with van der Waals surface area (Å²) in [7, 11) is 1.33. The molecule has 8 nitrogen and oxygen atoms in total. The number of ether oxygens (including phenoxy) is 1. The fourth-order valence-corrected chi connectivity index (χ4v) is 2.57. The fourth-order valence-electron chi connectivity index (χ4n) is 2.57. The van der Waals surface area contributed by atoms with Gasteiger partial charge in [-0.2, -0.15) is 0 Å². The number of nitrogens with zero attached hydrogens (tertiary/aromatic N) is 4. The highest BCUT2D eigenvalue weighted by atomic mass is 16.5. The number of aromatic nitrogens is 4. The van der Waals surface area contributed by atoms with Crippen molar-refractivity contribution >= 4 is 17.6 Å². The van der Waals surface area contributed by atoms with Crippen molar-refractivity contribution in [2.24, 2.45) is 0 Å². The van der Waals surface area contributed by atoms with E-state index in [2.05, 4.69) is 20.8 Å². The van der Waals surface area contributed by atoms with Crippen LogP contribution in [0.25, 0.3) is 5.69 Å². The van der Waals surface area contributed by atoms with Crippen molar-refractivity contribution in [1.82, 2.24) is 20.2 Å². The Hall–Kier alpha value is -3.55. The van der Waals surface area contributed by atoms with Crippen LogP contribution in [0.1, 0.15) is 31.8 Å². The summed E-state index contributed by atoms with van der Waals surface area (Å²) in [5.41, 5.74) is 4.00. The van der Waals surface area contributed by atoms with Crippen molar-refractivity contribution < 1.29 is 14.3 Å². The van der Waals surface area contributed by atoms with Gasteiger partial charge in [0.1, 0.15) is 6.33 Å². The van der Waals surface area contributed by atoms with Crippen LogP contribution >= 0.6 is 0 Å². The zero-order chi connectivity index (χ0) is 18.7. The molecule has 0 spiro atoms. The topological polar surface area (TPSA) is 99.0 Å². The lowest BCUT2D eigenvalue weighted by Crippen LogP contribution is -2.14. The molecule has 1 heterocycles. The van der Waals surface area contributed by atoms with E-state index in [-0.39, 0.29) is 5.91 Å². The number of tetrazole rings is 1. The minimum Gasteiger partial charge on any atom is -0.465 e. The highest BCUT2D eigenvalue weighted by Crippen LogP contribution is 2.20. The standard InChI is InChI=1S/C18H17N5O3/c1-11-8-14(18(25)26-3)4-6-15(11)20-17(24)13-5-7-16(12(2)9-13)23-10-19-21-22-23/h4-10H,1-3H3,(H,20,24). The van der Waals surface area contributed by atoms with Crippen LogP contribution in [0.2, 0.25) is 0 Å². The fraction of sp³-hybridized carbons (Fsp3) is 0.167. The van der Waals surface area contributed by atoms with Gasteiger partial charge in [0, 0.05) is 11.3 Å². The van der Waals surface area contributed by atoms with Gasteiger partial charge in [-0.05, 0) is 71.8 Å². The van der Waals surface area contributed by atoms with Gasteiger partial charge in [-0.1, -0.05) is 0 Å². The van der Waals surface area contributed by atoms with Crippen molar-refractivity contribution in [2.45, 2.75) is 13.8 Å². The maximum Gasteiger partial charge on any atom is 0.337 e. The number of methoxy groups -OCH3 is 1. The summed E-state index contributed by atoms with van der Waals surface area (Å²) in [6, 6.07) is 10.2. The number of hydrogen-bond donors (Lipinski definition) is 1. The summed E-state index contributed by atoms with van der Waals surface area (Å²) < 4.78 is 6.23.